The van der Waals surface area contributed by atoms with E-state index in [1.54, 1.807) is 0 Å². The molecule has 0 aromatic heterocycles. The molecule has 2 aliphatic rings. The molecular formula is C24H36F12N2O2P2. The van der Waals surface area contributed by atoms with Crippen LogP contribution in [0.3, 0.4) is 0 Å². The van der Waals surface area contributed by atoms with Gasteiger partial charge in [0, 0.05) is 11.1 Å². The number of likely N-dealkylation sites (N-methyl/N-ethyl adjacent to an activating group) is 2. The van der Waals surface area contributed by atoms with Gasteiger partial charge in [-0.15, -0.1) is 0 Å². The molecule has 42 heavy (non-hydrogen) atoms. The molecule has 0 N–H and O–H groups in total. The van der Waals surface area contributed by atoms with Gasteiger partial charge in [0.05, 0.1) is 40.5 Å². The number of hydrogen-bond acceptors (Lipinski definition) is 2. The molecular weight excluding hydrogens is 638 g/mol. The van der Waals surface area contributed by atoms with E-state index in [4.69, 9.17) is 9.47 Å². The maximum atomic E-state index is 9.87. The zero-order valence-electron chi connectivity index (χ0n) is 23.0. The Hall–Kier alpha value is -1.70. The molecule has 2 heterocycles. The number of rotatable bonds is 4. The number of benzene rings is 2. The molecule has 0 atom stereocenters. The van der Waals surface area contributed by atoms with Crippen molar-refractivity contribution in [3.63, 3.8) is 0 Å². The third-order valence-electron chi connectivity index (χ3n) is 5.92. The van der Waals surface area contributed by atoms with Crippen molar-refractivity contribution in [3.05, 3.63) is 71.8 Å². The number of quaternary nitrogens is 2. The number of morpholine rings is 2. The van der Waals surface area contributed by atoms with Crippen LogP contribution in [0.1, 0.15) is 11.1 Å². The Morgan fingerprint density at radius 3 is 0.905 bits per heavy atom. The standard InChI is InChI=1S/2C12H18NO.2F6P/c2*1-13(7-9-14-10-8-13)11-12-5-3-2-4-6-12;2*1-7(2,3,4,5)6/h2*2-6H,7-11H2,1H3;;/q2*+1;2*-1. The molecule has 0 saturated carbocycles. The van der Waals surface area contributed by atoms with Crippen LogP contribution in [-0.4, -0.2) is 75.7 Å². The van der Waals surface area contributed by atoms with E-state index in [0.29, 0.717) is 0 Å². The first-order chi connectivity index (χ1) is 18.5. The van der Waals surface area contributed by atoms with Gasteiger partial charge in [-0.25, -0.2) is 0 Å². The number of halogens is 12. The first-order valence-electron chi connectivity index (χ1n) is 12.5. The fourth-order valence-electron chi connectivity index (χ4n) is 3.93. The van der Waals surface area contributed by atoms with E-state index in [0.717, 1.165) is 74.7 Å². The van der Waals surface area contributed by atoms with Gasteiger partial charge in [-0.05, 0) is 0 Å². The number of hydrogen-bond donors (Lipinski definition) is 0. The Kier molecular flexibility index (Phi) is 11.3. The third kappa shape index (κ3) is 27.2. The van der Waals surface area contributed by atoms with Gasteiger partial charge in [0.2, 0.25) is 0 Å². The van der Waals surface area contributed by atoms with Gasteiger partial charge in [0.15, 0.2) is 0 Å². The van der Waals surface area contributed by atoms with Crippen LogP contribution in [0.2, 0.25) is 0 Å². The molecule has 2 saturated heterocycles. The Balaban J connectivity index is 0.000000297. The van der Waals surface area contributed by atoms with Crippen molar-refractivity contribution in [2.45, 2.75) is 13.1 Å². The van der Waals surface area contributed by atoms with Gasteiger partial charge in [0.1, 0.15) is 39.3 Å². The van der Waals surface area contributed by atoms with E-state index in [9.17, 15) is 50.4 Å². The maximum absolute atomic E-state index is 10.7. The first-order valence-corrected chi connectivity index (χ1v) is 16.6. The second-order valence-electron chi connectivity index (χ2n) is 10.6. The average Bonchev–Trinajstić information content (AvgIpc) is 2.77. The van der Waals surface area contributed by atoms with Crippen LogP contribution in [0.25, 0.3) is 0 Å². The van der Waals surface area contributed by atoms with Gasteiger partial charge in [-0.1, -0.05) is 60.7 Å². The number of ether oxygens (including phenoxy) is 2. The molecule has 0 aliphatic carbocycles. The van der Waals surface area contributed by atoms with Crippen LogP contribution in [-0.2, 0) is 22.6 Å². The van der Waals surface area contributed by atoms with Crippen LogP contribution in [0.4, 0.5) is 50.4 Å². The van der Waals surface area contributed by atoms with Crippen molar-refractivity contribution >= 4 is 15.6 Å². The summed E-state index contributed by atoms with van der Waals surface area (Å²) in [4.78, 5) is 0. The summed E-state index contributed by atoms with van der Waals surface area (Å²) in [5, 5.41) is 0. The molecule has 0 amide bonds. The topological polar surface area (TPSA) is 18.5 Å². The summed E-state index contributed by atoms with van der Waals surface area (Å²) in [6, 6.07) is 21.4. The minimum absolute atomic E-state index is 0.906. The second kappa shape index (κ2) is 12.4. The minimum atomic E-state index is -10.7. The Bertz CT molecular complexity index is 978. The van der Waals surface area contributed by atoms with Crippen molar-refractivity contribution in [2.75, 3.05) is 66.7 Å². The summed E-state index contributed by atoms with van der Waals surface area (Å²) >= 11 is 0. The predicted octanol–water partition coefficient (Wildman–Crippen LogP) is 10.1. The van der Waals surface area contributed by atoms with Gasteiger partial charge in [0.25, 0.3) is 0 Å². The summed E-state index contributed by atoms with van der Waals surface area (Å²) in [6.07, 6.45) is 0. The van der Waals surface area contributed by atoms with Gasteiger partial charge in [-0.2, -0.15) is 0 Å². The summed E-state index contributed by atoms with van der Waals surface area (Å²) in [5.74, 6) is 0. The molecule has 4 nitrogen and oxygen atoms in total. The zero-order valence-corrected chi connectivity index (χ0v) is 24.8. The fourth-order valence-corrected chi connectivity index (χ4v) is 3.93. The van der Waals surface area contributed by atoms with Crippen molar-refractivity contribution in [1.82, 2.24) is 0 Å². The molecule has 0 unspecified atom stereocenters. The molecule has 2 aliphatic heterocycles. The van der Waals surface area contributed by atoms with Crippen LogP contribution in [0.5, 0.6) is 0 Å². The van der Waals surface area contributed by atoms with Gasteiger partial charge >= 0.3 is 66.0 Å². The average molecular weight is 674 g/mol. The molecule has 4 rings (SSSR count). The van der Waals surface area contributed by atoms with Gasteiger partial charge in [-0.3, -0.25) is 0 Å². The summed E-state index contributed by atoms with van der Waals surface area (Å²) in [6.45, 7) is 10.4. The molecule has 248 valence electrons. The van der Waals surface area contributed by atoms with E-state index in [1.807, 2.05) is 0 Å². The third-order valence-corrected chi connectivity index (χ3v) is 5.92. The van der Waals surface area contributed by atoms with Gasteiger partial charge < -0.3 is 18.4 Å². The normalized spacial score (nSPS) is 21.5. The van der Waals surface area contributed by atoms with E-state index < -0.39 is 15.6 Å². The molecule has 0 bridgehead atoms. The number of nitrogens with zero attached hydrogens (tertiary/aromatic N) is 2. The summed E-state index contributed by atoms with van der Waals surface area (Å²) in [7, 11) is -16.7. The van der Waals surface area contributed by atoms with Crippen molar-refractivity contribution in [2.24, 2.45) is 0 Å². The molecule has 18 heteroatoms. The molecule has 2 fully saturated rings. The first kappa shape index (κ1) is 38.3. The molecule has 0 radical (unpaired) electrons. The monoisotopic (exact) mass is 674 g/mol. The fraction of sp³-hybridized carbons (Fsp3) is 0.500. The van der Waals surface area contributed by atoms with E-state index in [-0.39, 0.29) is 0 Å². The second-order valence-corrected chi connectivity index (χ2v) is 14.4. The Morgan fingerprint density at radius 1 is 0.476 bits per heavy atom. The SMILES string of the molecule is C[N+]1(Cc2ccccc2)CCOCC1.C[N+]1(Cc2ccccc2)CCOCC1.F[P-](F)(F)(F)(F)F.F[P-](F)(F)(F)(F)F. The Labute approximate surface area is 236 Å². The van der Waals surface area contributed by atoms with Crippen molar-refractivity contribution in [3.8, 4) is 0 Å². The van der Waals surface area contributed by atoms with Crippen LogP contribution < -0.4 is 0 Å². The van der Waals surface area contributed by atoms with E-state index in [1.165, 1.54) is 11.1 Å². The van der Waals surface area contributed by atoms with Crippen molar-refractivity contribution < 1.29 is 68.8 Å². The molecule has 2 aromatic rings. The Morgan fingerprint density at radius 2 is 0.690 bits per heavy atom. The van der Waals surface area contributed by atoms with Crippen LogP contribution >= 0.6 is 15.6 Å². The quantitative estimate of drug-likeness (QED) is 0.183. The van der Waals surface area contributed by atoms with Crippen LogP contribution in [0, 0.1) is 0 Å². The summed E-state index contributed by atoms with van der Waals surface area (Å²) in [5.41, 5.74) is 2.86. The van der Waals surface area contributed by atoms with E-state index >= 15 is 0 Å². The predicted molar refractivity (Wildman–Crippen MR) is 141 cm³/mol. The van der Waals surface area contributed by atoms with Crippen LogP contribution in [0.15, 0.2) is 60.7 Å². The molecule has 2 aromatic carbocycles. The summed E-state index contributed by atoms with van der Waals surface area (Å²) < 4.78 is 131. The zero-order chi connectivity index (χ0) is 32.5. The van der Waals surface area contributed by atoms with E-state index in [2.05, 4.69) is 74.8 Å². The van der Waals surface area contributed by atoms with Crippen molar-refractivity contribution in [1.29, 1.82) is 0 Å². The molecule has 0 spiro atoms.